The van der Waals surface area contributed by atoms with Crippen LogP contribution in [-0.4, -0.2) is 24.8 Å². The first-order chi connectivity index (χ1) is 7.15. The van der Waals surface area contributed by atoms with Crippen molar-refractivity contribution in [2.75, 3.05) is 13.7 Å². The molecule has 0 aliphatic carbocycles. The molecule has 0 radical (unpaired) electrons. The van der Waals surface area contributed by atoms with Crippen molar-refractivity contribution < 1.29 is 19.4 Å². The van der Waals surface area contributed by atoms with Crippen LogP contribution in [0.1, 0.15) is 15.9 Å². The number of fused-ring (bicyclic) bond motifs is 1. The fourth-order valence-corrected chi connectivity index (χ4v) is 2.00. The number of methoxy groups -OCH3 is 1. The van der Waals surface area contributed by atoms with Crippen molar-refractivity contribution in [3.63, 3.8) is 0 Å². The Morgan fingerprint density at radius 2 is 2.40 bits per heavy atom. The first-order valence-corrected chi connectivity index (χ1v) is 4.78. The number of carboxylic acid groups (broad SMARTS) is 1. The van der Waals surface area contributed by atoms with Crippen LogP contribution in [0.2, 0.25) is 5.02 Å². The van der Waals surface area contributed by atoms with E-state index in [4.69, 9.17) is 26.2 Å². The van der Waals surface area contributed by atoms with E-state index in [2.05, 4.69) is 0 Å². The van der Waals surface area contributed by atoms with Gasteiger partial charge in [-0.25, -0.2) is 4.79 Å². The lowest BCUT2D eigenvalue weighted by atomic mass is 10.1. The summed E-state index contributed by atoms with van der Waals surface area (Å²) in [6.45, 7) is 0.529. The van der Waals surface area contributed by atoms with Crippen molar-refractivity contribution in [2.45, 2.75) is 6.42 Å². The zero-order valence-electron chi connectivity index (χ0n) is 8.04. The van der Waals surface area contributed by atoms with Crippen LogP contribution in [0, 0.1) is 0 Å². The molecular weight excluding hydrogens is 220 g/mol. The molecule has 0 fully saturated rings. The number of carbonyl (C=O) groups is 1. The molecule has 0 spiro atoms. The Morgan fingerprint density at radius 1 is 1.67 bits per heavy atom. The van der Waals surface area contributed by atoms with Gasteiger partial charge in [-0.15, -0.1) is 0 Å². The molecule has 0 unspecified atom stereocenters. The second kappa shape index (κ2) is 3.62. The average molecular weight is 229 g/mol. The monoisotopic (exact) mass is 228 g/mol. The van der Waals surface area contributed by atoms with Crippen molar-refractivity contribution in [3.05, 3.63) is 22.2 Å². The highest BCUT2D eigenvalue weighted by Crippen LogP contribution is 2.40. The molecule has 1 aromatic rings. The summed E-state index contributed by atoms with van der Waals surface area (Å²) in [5.74, 6) is -0.335. The topological polar surface area (TPSA) is 55.8 Å². The largest absolute Gasteiger partial charge is 0.494 e. The van der Waals surface area contributed by atoms with Gasteiger partial charge in [-0.3, -0.25) is 0 Å². The zero-order chi connectivity index (χ0) is 11.0. The van der Waals surface area contributed by atoms with Gasteiger partial charge in [0.1, 0.15) is 11.3 Å². The lowest BCUT2D eigenvalue weighted by Crippen LogP contribution is -2.02. The minimum Gasteiger partial charge on any atom is -0.494 e. The third-order valence-electron chi connectivity index (χ3n) is 2.33. The molecule has 1 aliphatic heterocycles. The summed E-state index contributed by atoms with van der Waals surface area (Å²) in [6, 6.07) is 1.45. The maximum absolute atomic E-state index is 10.9. The molecule has 5 heteroatoms. The summed E-state index contributed by atoms with van der Waals surface area (Å²) in [7, 11) is 1.40. The molecule has 1 heterocycles. The highest BCUT2D eigenvalue weighted by Gasteiger charge is 2.24. The maximum atomic E-state index is 10.9. The second-order valence-electron chi connectivity index (χ2n) is 3.15. The van der Waals surface area contributed by atoms with E-state index in [0.717, 1.165) is 5.56 Å². The molecule has 0 aromatic heterocycles. The van der Waals surface area contributed by atoms with Crippen LogP contribution >= 0.6 is 11.6 Å². The Labute approximate surface area is 91.4 Å². The number of carboxylic acids is 1. The van der Waals surface area contributed by atoms with Gasteiger partial charge >= 0.3 is 5.97 Å². The second-order valence-corrected chi connectivity index (χ2v) is 3.53. The summed E-state index contributed by atoms with van der Waals surface area (Å²) in [5, 5.41) is 9.30. The van der Waals surface area contributed by atoms with Crippen LogP contribution in [0.15, 0.2) is 6.07 Å². The lowest BCUT2D eigenvalue weighted by Gasteiger charge is -2.10. The minimum atomic E-state index is -1.08. The van der Waals surface area contributed by atoms with E-state index in [-0.39, 0.29) is 11.3 Å². The van der Waals surface area contributed by atoms with E-state index in [1.807, 2.05) is 0 Å². The Morgan fingerprint density at radius 3 is 3.00 bits per heavy atom. The van der Waals surface area contributed by atoms with E-state index >= 15 is 0 Å². The summed E-state index contributed by atoms with van der Waals surface area (Å²) >= 11 is 6.04. The molecule has 1 N–H and O–H groups in total. The van der Waals surface area contributed by atoms with Crippen LogP contribution in [0.3, 0.4) is 0 Å². The quantitative estimate of drug-likeness (QED) is 0.841. The summed E-state index contributed by atoms with van der Waals surface area (Å²) in [4.78, 5) is 10.9. The molecule has 0 saturated heterocycles. The fraction of sp³-hybridized carbons (Fsp3) is 0.300. The first-order valence-electron chi connectivity index (χ1n) is 4.40. The normalized spacial score (nSPS) is 13.2. The molecule has 1 aliphatic rings. The molecule has 1 aromatic carbocycles. The van der Waals surface area contributed by atoms with E-state index in [0.29, 0.717) is 23.8 Å². The zero-order valence-corrected chi connectivity index (χ0v) is 8.80. The third kappa shape index (κ3) is 1.51. The predicted molar refractivity (Wildman–Crippen MR) is 54.2 cm³/mol. The fourth-order valence-electron chi connectivity index (χ4n) is 1.63. The van der Waals surface area contributed by atoms with Crippen molar-refractivity contribution in [1.82, 2.24) is 0 Å². The number of hydrogen-bond acceptors (Lipinski definition) is 3. The van der Waals surface area contributed by atoms with E-state index in [1.165, 1.54) is 13.2 Å². The van der Waals surface area contributed by atoms with Crippen molar-refractivity contribution in [1.29, 1.82) is 0 Å². The SMILES string of the molecule is COc1c(C(=O)O)cc2c(c1Cl)CCO2. The Kier molecular flexibility index (Phi) is 2.44. The van der Waals surface area contributed by atoms with Gasteiger partial charge in [0, 0.05) is 12.0 Å². The molecule has 2 rings (SSSR count). The van der Waals surface area contributed by atoms with Gasteiger partial charge in [0.05, 0.1) is 18.7 Å². The molecule has 0 amide bonds. The summed E-state index contributed by atoms with van der Waals surface area (Å²) in [5.41, 5.74) is 0.849. The lowest BCUT2D eigenvalue weighted by molar-refractivity contribution is 0.0693. The first kappa shape index (κ1) is 10.1. The standard InChI is InChI=1S/C10H9ClO4/c1-14-9-6(10(12)13)4-7-5(8(9)11)2-3-15-7/h4H,2-3H2,1H3,(H,12,13). The minimum absolute atomic E-state index is 0.0307. The van der Waals surface area contributed by atoms with E-state index in [1.54, 1.807) is 0 Å². The number of hydrogen-bond donors (Lipinski definition) is 1. The van der Waals surface area contributed by atoms with Gasteiger partial charge < -0.3 is 14.6 Å². The van der Waals surface area contributed by atoms with Gasteiger partial charge in [-0.1, -0.05) is 11.6 Å². The van der Waals surface area contributed by atoms with E-state index < -0.39 is 5.97 Å². The van der Waals surface area contributed by atoms with Gasteiger partial charge in [0.25, 0.3) is 0 Å². The molecule has 0 saturated carbocycles. The van der Waals surface area contributed by atoms with Crippen molar-refractivity contribution >= 4 is 17.6 Å². The van der Waals surface area contributed by atoms with Gasteiger partial charge in [-0.05, 0) is 6.07 Å². The van der Waals surface area contributed by atoms with Crippen molar-refractivity contribution in [2.24, 2.45) is 0 Å². The van der Waals surface area contributed by atoms with Gasteiger partial charge in [-0.2, -0.15) is 0 Å². The maximum Gasteiger partial charge on any atom is 0.339 e. The molecule has 4 nitrogen and oxygen atoms in total. The third-order valence-corrected chi connectivity index (χ3v) is 2.73. The van der Waals surface area contributed by atoms with Gasteiger partial charge in [0.2, 0.25) is 0 Å². The number of benzene rings is 1. The highest BCUT2D eigenvalue weighted by molar-refractivity contribution is 6.33. The summed E-state index contributed by atoms with van der Waals surface area (Å²) in [6.07, 6.45) is 0.685. The van der Waals surface area contributed by atoms with Crippen LogP contribution in [-0.2, 0) is 6.42 Å². The number of ether oxygens (including phenoxy) is 2. The number of halogens is 1. The number of aromatic carboxylic acids is 1. The van der Waals surface area contributed by atoms with Gasteiger partial charge in [0.15, 0.2) is 5.75 Å². The average Bonchev–Trinajstić information content (AvgIpc) is 2.65. The number of rotatable bonds is 2. The molecule has 15 heavy (non-hydrogen) atoms. The Hall–Kier alpha value is -1.42. The summed E-state index contributed by atoms with van der Waals surface area (Å²) < 4.78 is 10.3. The molecule has 0 bridgehead atoms. The van der Waals surface area contributed by atoms with Crippen LogP contribution in [0.25, 0.3) is 0 Å². The highest BCUT2D eigenvalue weighted by atomic mass is 35.5. The Balaban J connectivity index is 2.66. The van der Waals surface area contributed by atoms with E-state index in [9.17, 15) is 4.79 Å². The smallest absolute Gasteiger partial charge is 0.339 e. The molecular formula is C10H9ClO4. The molecule has 80 valence electrons. The van der Waals surface area contributed by atoms with Crippen molar-refractivity contribution in [3.8, 4) is 11.5 Å². The molecule has 0 atom stereocenters. The Bertz CT molecular complexity index is 428. The van der Waals surface area contributed by atoms with Crippen LogP contribution in [0.5, 0.6) is 11.5 Å². The van der Waals surface area contributed by atoms with Crippen LogP contribution < -0.4 is 9.47 Å². The predicted octanol–water partition coefficient (Wildman–Crippen LogP) is 1.98. The van der Waals surface area contributed by atoms with Crippen LogP contribution in [0.4, 0.5) is 0 Å².